The molecule has 1 aromatic rings. The molecule has 4 heteroatoms. The molecule has 2 nitrogen and oxygen atoms in total. The average Bonchev–Trinajstić information content (AvgIpc) is 2.23. The Hall–Kier alpha value is -0.740. The predicted octanol–water partition coefficient (Wildman–Crippen LogP) is 2.24. The minimum absolute atomic E-state index is 0.304. The Morgan fingerprint density at radius 3 is 2.87 bits per heavy atom. The van der Waals surface area contributed by atoms with Gasteiger partial charge in [0.1, 0.15) is 0 Å². The van der Waals surface area contributed by atoms with Gasteiger partial charge in [-0.25, -0.2) is 4.39 Å². The first-order valence-corrected chi connectivity index (χ1v) is 5.64. The first-order valence-electron chi connectivity index (χ1n) is 5.00. The maximum Gasteiger partial charge on any atom is 0.165 e. The highest BCUT2D eigenvalue weighted by Crippen LogP contribution is 2.18. The summed E-state index contributed by atoms with van der Waals surface area (Å²) in [4.78, 5) is 0. The van der Waals surface area contributed by atoms with Crippen molar-refractivity contribution in [1.82, 2.24) is 5.32 Å². The van der Waals surface area contributed by atoms with E-state index in [0.717, 1.165) is 17.9 Å². The fourth-order valence-electron chi connectivity index (χ4n) is 1.24. The third-order valence-corrected chi connectivity index (χ3v) is 2.14. The van der Waals surface area contributed by atoms with Crippen LogP contribution in [0.1, 0.15) is 12.5 Å². The van der Waals surface area contributed by atoms with Gasteiger partial charge >= 0.3 is 0 Å². The lowest BCUT2D eigenvalue weighted by Crippen LogP contribution is -2.15. The molecule has 0 atom stereocenters. The Balaban J connectivity index is 2.56. The van der Waals surface area contributed by atoms with E-state index in [2.05, 4.69) is 17.9 Å². The molecule has 0 amide bonds. The highest BCUT2D eigenvalue weighted by atomic mass is 32.1. The van der Waals surface area contributed by atoms with E-state index in [4.69, 9.17) is 4.74 Å². The number of hydrogen-bond acceptors (Lipinski definition) is 3. The van der Waals surface area contributed by atoms with Crippen molar-refractivity contribution in [1.29, 1.82) is 0 Å². The molecule has 0 aliphatic heterocycles. The molecule has 0 aromatic heterocycles. The average molecular weight is 229 g/mol. The molecule has 1 rings (SSSR count). The van der Waals surface area contributed by atoms with Gasteiger partial charge in [-0.1, -0.05) is 6.07 Å². The van der Waals surface area contributed by atoms with Crippen molar-refractivity contribution in [2.45, 2.75) is 13.5 Å². The molecule has 0 radical (unpaired) electrons. The summed E-state index contributed by atoms with van der Waals surface area (Å²) >= 11 is 4.07. The zero-order valence-corrected chi connectivity index (χ0v) is 9.69. The van der Waals surface area contributed by atoms with Crippen LogP contribution in [0.4, 0.5) is 4.39 Å². The summed E-state index contributed by atoms with van der Waals surface area (Å²) in [6.45, 7) is 3.79. The van der Waals surface area contributed by atoms with Crippen molar-refractivity contribution in [3.05, 3.63) is 29.6 Å². The van der Waals surface area contributed by atoms with E-state index in [-0.39, 0.29) is 5.82 Å². The number of ether oxygens (including phenoxy) is 1. The Labute approximate surface area is 95.2 Å². The molecule has 0 bridgehead atoms. The number of halogens is 1. The van der Waals surface area contributed by atoms with Crippen LogP contribution in [-0.2, 0) is 6.54 Å². The summed E-state index contributed by atoms with van der Waals surface area (Å²) in [5.74, 6) is 0.789. The molecule has 1 N–H and O–H groups in total. The normalized spacial score (nSPS) is 10.3. The van der Waals surface area contributed by atoms with E-state index in [9.17, 15) is 4.39 Å². The van der Waals surface area contributed by atoms with Crippen molar-refractivity contribution >= 4 is 12.6 Å². The largest absolute Gasteiger partial charge is 0.491 e. The lowest BCUT2D eigenvalue weighted by molar-refractivity contribution is 0.321. The maximum atomic E-state index is 13.4. The van der Waals surface area contributed by atoms with Gasteiger partial charge in [0.15, 0.2) is 11.6 Å². The van der Waals surface area contributed by atoms with Crippen molar-refractivity contribution in [3.63, 3.8) is 0 Å². The maximum absolute atomic E-state index is 13.4. The Morgan fingerprint density at radius 1 is 1.47 bits per heavy atom. The zero-order chi connectivity index (χ0) is 11.1. The van der Waals surface area contributed by atoms with Gasteiger partial charge in [0.05, 0.1) is 6.61 Å². The van der Waals surface area contributed by atoms with Gasteiger partial charge in [-0.3, -0.25) is 0 Å². The lowest BCUT2D eigenvalue weighted by Gasteiger charge is -2.07. The van der Waals surface area contributed by atoms with Crippen molar-refractivity contribution in [3.8, 4) is 5.75 Å². The lowest BCUT2D eigenvalue weighted by atomic mass is 10.2. The molecule has 0 spiro atoms. The molecule has 1 aromatic carbocycles. The van der Waals surface area contributed by atoms with Crippen LogP contribution in [-0.4, -0.2) is 18.9 Å². The monoisotopic (exact) mass is 229 g/mol. The molecule has 0 aliphatic carbocycles. The predicted molar refractivity (Wildman–Crippen MR) is 63.1 cm³/mol. The second-order valence-corrected chi connectivity index (χ2v) is 3.55. The second kappa shape index (κ2) is 6.69. The smallest absolute Gasteiger partial charge is 0.165 e. The van der Waals surface area contributed by atoms with Crippen LogP contribution in [0, 0.1) is 5.82 Å². The Morgan fingerprint density at radius 2 is 2.27 bits per heavy atom. The van der Waals surface area contributed by atoms with Gasteiger partial charge in [-0.2, -0.15) is 12.6 Å². The molecule has 15 heavy (non-hydrogen) atoms. The van der Waals surface area contributed by atoms with Crippen LogP contribution in [0.2, 0.25) is 0 Å². The molecule has 0 fully saturated rings. The fourth-order valence-corrected chi connectivity index (χ4v) is 1.40. The van der Waals surface area contributed by atoms with Crippen LogP contribution in [0.3, 0.4) is 0 Å². The summed E-state index contributed by atoms with van der Waals surface area (Å²) in [5, 5.41) is 3.15. The SMILES string of the molecule is CCOc1ccc(CNCCS)cc1F. The summed E-state index contributed by atoms with van der Waals surface area (Å²) in [6, 6.07) is 5.02. The Bertz CT molecular complexity index is 307. The number of thiol groups is 1. The van der Waals surface area contributed by atoms with Gasteiger partial charge in [0.25, 0.3) is 0 Å². The number of benzene rings is 1. The van der Waals surface area contributed by atoms with Crippen molar-refractivity contribution < 1.29 is 9.13 Å². The van der Waals surface area contributed by atoms with Gasteiger partial charge < -0.3 is 10.1 Å². The summed E-state index contributed by atoms with van der Waals surface area (Å²) in [5.41, 5.74) is 0.915. The van der Waals surface area contributed by atoms with E-state index in [0.29, 0.717) is 18.9 Å². The number of hydrogen-bond donors (Lipinski definition) is 2. The van der Waals surface area contributed by atoms with Crippen LogP contribution in [0.5, 0.6) is 5.75 Å². The molecular formula is C11H16FNOS. The number of rotatable bonds is 6. The van der Waals surface area contributed by atoms with Gasteiger partial charge in [-0.15, -0.1) is 0 Å². The van der Waals surface area contributed by atoms with Gasteiger partial charge in [-0.05, 0) is 24.6 Å². The minimum atomic E-state index is -0.304. The van der Waals surface area contributed by atoms with Crippen LogP contribution in [0.25, 0.3) is 0 Å². The molecule has 0 saturated carbocycles. The zero-order valence-electron chi connectivity index (χ0n) is 8.79. The topological polar surface area (TPSA) is 21.3 Å². The highest BCUT2D eigenvalue weighted by molar-refractivity contribution is 7.80. The molecular weight excluding hydrogens is 213 g/mol. The second-order valence-electron chi connectivity index (χ2n) is 3.10. The molecule has 0 saturated heterocycles. The van der Waals surface area contributed by atoms with Crippen LogP contribution in [0.15, 0.2) is 18.2 Å². The first kappa shape index (κ1) is 12.3. The molecule has 0 unspecified atom stereocenters. The number of nitrogens with one attached hydrogen (secondary N) is 1. The van der Waals surface area contributed by atoms with E-state index in [1.807, 2.05) is 13.0 Å². The van der Waals surface area contributed by atoms with E-state index in [1.54, 1.807) is 6.07 Å². The third kappa shape index (κ3) is 4.10. The fraction of sp³-hybridized carbons (Fsp3) is 0.455. The van der Waals surface area contributed by atoms with Gasteiger partial charge in [0, 0.05) is 18.8 Å². The van der Waals surface area contributed by atoms with Crippen LogP contribution < -0.4 is 10.1 Å². The van der Waals surface area contributed by atoms with Crippen molar-refractivity contribution in [2.75, 3.05) is 18.9 Å². The first-order chi connectivity index (χ1) is 7.27. The standard InChI is InChI=1S/C11H16FNOS/c1-2-14-11-4-3-9(7-10(11)12)8-13-5-6-15/h3-4,7,13,15H,2,5-6,8H2,1H3. The Kier molecular flexibility index (Phi) is 5.50. The molecule has 0 aliphatic rings. The summed E-state index contributed by atoms with van der Waals surface area (Å²) in [7, 11) is 0. The minimum Gasteiger partial charge on any atom is -0.491 e. The van der Waals surface area contributed by atoms with E-state index < -0.39 is 0 Å². The quantitative estimate of drug-likeness (QED) is 0.576. The third-order valence-electron chi connectivity index (χ3n) is 1.91. The molecule has 0 heterocycles. The highest BCUT2D eigenvalue weighted by Gasteiger charge is 2.03. The van der Waals surface area contributed by atoms with Gasteiger partial charge in [0.2, 0.25) is 0 Å². The summed E-state index contributed by atoms with van der Waals surface area (Å²) in [6.07, 6.45) is 0. The van der Waals surface area contributed by atoms with E-state index >= 15 is 0 Å². The van der Waals surface area contributed by atoms with E-state index in [1.165, 1.54) is 6.07 Å². The summed E-state index contributed by atoms with van der Waals surface area (Å²) < 4.78 is 18.5. The molecule has 84 valence electrons. The van der Waals surface area contributed by atoms with Crippen LogP contribution >= 0.6 is 12.6 Å². The van der Waals surface area contributed by atoms with Crippen molar-refractivity contribution in [2.24, 2.45) is 0 Å².